The molecule has 0 saturated heterocycles. The summed E-state index contributed by atoms with van der Waals surface area (Å²) in [7, 11) is 1.54. The van der Waals surface area contributed by atoms with Crippen molar-refractivity contribution in [3.63, 3.8) is 0 Å². The summed E-state index contributed by atoms with van der Waals surface area (Å²) in [6.45, 7) is 2.01. The number of imidazole rings is 1. The number of aromatic nitrogens is 2. The zero-order valence-corrected chi connectivity index (χ0v) is 11.8. The number of fused-ring (bicyclic) bond motifs is 1. The number of hydrogen-bond donors (Lipinski definition) is 1. The summed E-state index contributed by atoms with van der Waals surface area (Å²) in [6, 6.07) is 11.4. The van der Waals surface area contributed by atoms with Gasteiger partial charge < -0.3 is 10.5 Å². The Morgan fingerprint density at radius 2 is 2.10 bits per heavy atom. The molecule has 2 N–H and O–H groups in total. The van der Waals surface area contributed by atoms with Gasteiger partial charge in [-0.3, -0.25) is 4.40 Å². The Labute approximate surface area is 122 Å². The summed E-state index contributed by atoms with van der Waals surface area (Å²) in [5.41, 5.74) is 10.00. The van der Waals surface area contributed by atoms with Gasteiger partial charge in [0, 0.05) is 11.8 Å². The number of methoxy groups -OCH3 is 1. The number of anilines is 1. The molecule has 2 heterocycles. The van der Waals surface area contributed by atoms with Crippen molar-refractivity contribution in [1.82, 2.24) is 9.38 Å². The lowest BCUT2D eigenvalue weighted by Crippen LogP contribution is -1.94. The van der Waals surface area contributed by atoms with Crippen LogP contribution in [0.4, 0.5) is 5.82 Å². The summed E-state index contributed by atoms with van der Waals surface area (Å²) in [5, 5.41) is 9.18. The average Bonchev–Trinajstić information content (AvgIpc) is 2.82. The highest BCUT2D eigenvalue weighted by atomic mass is 16.5. The molecule has 5 nitrogen and oxygen atoms in total. The van der Waals surface area contributed by atoms with Crippen LogP contribution in [0.3, 0.4) is 0 Å². The highest BCUT2D eigenvalue weighted by Gasteiger charge is 2.13. The van der Waals surface area contributed by atoms with E-state index in [1.807, 2.05) is 35.7 Å². The predicted molar refractivity (Wildman–Crippen MR) is 81.0 cm³/mol. The number of rotatable bonds is 2. The van der Waals surface area contributed by atoms with Crippen molar-refractivity contribution in [3.05, 3.63) is 47.7 Å². The molecule has 0 radical (unpaired) electrons. The molecule has 104 valence electrons. The number of nitrogens with zero attached hydrogens (tertiary/aromatic N) is 3. The van der Waals surface area contributed by atoms with E-state index in [9.17, 15) is 5.26 Å². The third kappa shape index (κ3) is 2.07. The molecule has 0 fully saturated rings. The first-order valence-electron chi connectivity index (χ1n) is 6.46. The molecule has 21 heavy (non-hydrogen) atoms. The molecule has 1 aromatic carbocycles. The first kappa shape index (κ1) is 13.0. The third-order valence-electron chi connectivity index (χ3n) is 3.41. The lowest BCUT2D eigenvalue weighted by molar-refractivity contribution is 0.413. The number of nitrogen functional groups attached to an aromatic ring is 1. The minimum atomic E-state index is 0.461. The van der Waals surface area contributed by atoms with Crippen molar-refractivity contribution >= 4 is 11.5 Å². The van der Waals surface area contributed by atoms with Crippen molar-refractivity contribution in [3.8, 4) is 23.1 Å². The summed E-state index contributed by atoms with van der Waals surface area (Å²) in [6.07, 6.45) is 1.89. The fourth-order valence-electron chi connectivity index (χ4n) is 2.32. The maximum atomic E-state index is 9.18. The van der Waals surface area contributed by atoms with Crippen LogP contribution < -0.4 is 10.5 Å². The standard InChI is InChI=1S/C16H14N4O/c1-10-5-6-20-14(7-10)19-15(16(20)18)11-3-4-13(21-2)12(8-11)9-17/h3-8H,18H2,1-2H3. The maximum absolute atomic E-state index is 9.18. The van der Waals surface area contributed by atoms with Gasteiger partial charge in [0.05, 0.1) is 12.7 Å². The van der Waals surface area contributed by atoms with Crippen LogP contribution in [0.2, 0.25) is 0 Å². The number of nitriles is 1. The molecule has 0 bridgehead atoms. The Morgan fingerprint density at radius 1 is 1.29 bits per heavy atom. The fraction of sp³-hybridized carbons (Fsp3) is 0.125. The number of aryl methyl sites for hydroxylation is 1. The van der Waals surface area contributed by atoms with E-state index in [-0.39, 0.29) is 0 Å². The minimum Gasteiger partial charge on any atom is -0.495 e. The number of nitrogens with two attached hydrogens (primary N) is 1. The average molecular weight is 278 g/mol. The Morgan fingerprint density at radius 3 is 2.81 bits per heavy atom. The van der Waals surface area contributed by atoms with Gasteiger partial charge in [-0.05, 0) is 42.8 Å². The summed E-state index contributed by atoms with van der Waals surface area (Å²) in [4.78, 5) is 4.56. The molecular weight excluding hydrogens is 264 g/mol. The molecule has 0 aliphatic heterocycles. The Hall–Kier alpha value is -3.00. The van der Waals surface area contributed by atoms with Gasteiger partial charge >= 0.3 is 0 Å². The molecule has 0 amide bonds. The monoisotopic (exact) mass is 278 g/mol. The van der Waals surface area contributed by atoms with E-state index in [1.54, 1.807) is 12.1 Å². The molecule has 0 saturated carbocycles. The number of pyridine rings is 1. The van der Waals surface area contributed by atoms with Gasteiger partial charge in [0.2, 0.25) is 0 Å². The summed E-state index contributed by atoms with van der Waals surface area (Å²) >= 11 is 0. The molecule has 0 aliphatic carbocycles. The SMILES string of the molecule is COc1ccc(-c2nc3cc(C)ccn3c2N)cc1C#N. The Kier molecular flexibility index (Phi) is 2.99. The molecule has 2 aromatic heterocycles. The normalized spacial score (nSPS) is 10.5. The number of benzene rings is 1. The Bertz CT molecular complexity index is 874. The second-order valence-corrected chi connectivity index (χ2v) is 4.80. The van der Waals surface area contributed by atoms with E-state index in [1.165, 1.54) is 7.11 Å². The minimum absolute atomic E-state index is 0.461. The zero-order valence-electron chi connectivity index (χ0n) is 11.8. The van der Waals surface area contributed by atoms with E-state index < -0.39 is 0 Å². The van der Waals surface area contributed by atoms with E-state index in [2.05, 4.69) is 11.1 Å². The smallest absolute Gasteiger partial charge is 0.139 e. The highest BCUT2D eigenvalue weighted by molar-refractivity contribution is 5.76. The molecule has 5 heteroatoms. The summed E-state index contributed by atoms with van der Waals surface area (Å²) in [5.74, 6) is 1.10. The van der Waals surface area contributed by atoms with Crippen LogP contribution in [0.1, 0.15) is 11.1 Å². The second kappa shape index (κ2) is 4.84. The van der Waals surface area contributed by atoms with Gasteiger partial charge in [0.15, 0.2) is 0 Å². The van der Waals surface area contributed by atoms with Crippen LogP contribution in [-0.2, 0) is 0 Å². The summed E-state index contributed by atoms with van der Waals surface area (Å²) < 4.78 is 6.98. The lowest BCUT2D eigenvalue weighted by Gasteiger charge is -2.04. The van der Waals surface area contributed by atoms with Crippen LogP contribution >= 0.6 is 0 Å². The maximum Gasteiger partial charge on any atom is 0.139 e. The highest BCUT2D eigenvalue weighted by Crippen LogP contribution is 2.30. The zero-order chi connectivity index (χ0) is 15.0. The number of hydrogen-bond acceptors (Lipinski definition) is 4. The van der Waals surface area contributed by atoms with Crippen LogP contribution in [0.5, 0.6) is 5.75 Å². The van der Waals surface area contributed by atoms with Gasteiger partial charge in [-0.25, -0.2) is 4.98 Å². The van der Waals surface area contributed by atoms with Crippen molar-refractivity contribution in [1.29, 1.82) is 5.26 Å². The van der Waals surface area contributed by atoms with Crippen molar-refractivity contribution in [2.24, 2.45) is 0 Å². The van der Waals surface area contributed by atoms with Gasteiger partial charge in [-0.1, -0.05) is 0 Å². The van der Waals surface area contributed by atoms with Crippen molar-refractivity contribution < 1.29 is 4.74 Å². The Balaban J connectivity index is 2.21. The van der Waals surface area contributed by atoms with Gasteiger partial charge in [-0.2, -0.15) is 5.26 Å². The molecule has 0 spiro atoms. The van der Waals surface area contributed by atoms with Gasteiger partial charge in [0.25, 0.3) is 0 Å². The van der Waals surface area contributed by atoms with Crippen molar-refractivity contribution in [2.75, 3.05) is 12.8 Å². The lowest BCUT2D eigenvalue weighted by atomic mass is 10.1. The van der Waals surface area contributed by atoms with E-state index in [0.717, 1.165) is 16.8 Å². The molecule has 3 aromatic rings. The van der Waals surface area contributed by atoms with E-state index in [4.69, 9.17) is 10.5 Å². The van der Waals surface area contributed by atoms with Gasteiger partial charge in [0.1, 0.15) is 29.0 Å². The van der Waals surface area contributed by atoms with E-state index >= 15 is 0 Å². The molecule has 0 aliphatic rings. The molecule has 0 atom stereocenters. The number of ether oxygens (including phenoxy) is 1. The molecule has 3 rings (SSSR count). The van der Waals surface area contributed by atoms with Crippen LogP contribution in [0, 0.1) is 18.3 Å². The predicted octanol–water partition coefficient (Wildman–Crippen LogP) is 2.77. The topological polar surface area (TPSA) is 76.3 Å². The largest absolute Gasteiger partial charge is 0.495 e. The van der Waals surface area contributed by atoms with Crippen LogP contribution in [-0.4, -0.2) is 16.5 Å². The van der Waals surface area contributed by atoms with Crippen molar-refractivity contribution in [2.45, 2.75) is 6.92 Å². The molecule has 0 unspecified atom stereocenters. The van der Waals surface area contributed by atoms with Crippen LogP contribution in [0.15, 0.2) is 36.5 Å². The molecular formula is C16H14N4O. The fourth-order valence-corrected chi connectivity index (χ4v) is 2.32. The van der Waals surface area contributed by atoms with Gasteiger partial charge in [-0.15, -0.1) is 0 Å². The van der Waals surface area contributed by atoms with E-state index in [0.29, 0.717) is 22.8 Å². The third-order valence-corrected chi connectivity index (χ3v) is 3.41. The van der Waals surface area contributed by atoms with Crippen LogP contribution in [0.25, 0.3) is 16.9 Å². The first-order valence-corrected chi connectivity index (χ1v) is 6.46. The quantitative estimate of drug-likeness (QED) is 0.782. The first-order chi connectivity index (χ1) is 10.1. The second-order valence-electron chi connectivity index (χ2n) is 4.80.